The monoisotopic (exact) mass is 448 g/mol. The fraction of sp³-hybridized carbons (Fsp3) is 0.471. The Kier molecular flexibility index (Phi) is 5.92. The fourth-order valence-corrected chi connectivity index (χ4v) is 3.93. The van der Waals surface area contributed by atoms with Crippen LogP contribution in [-0.2, 0) is 34.1 Å². The minimum atomic E-state index is -5.61. The second kappa shape index (κ2) is 8.13. The third-order valence-corrected chi connectivity index (χ3v) is 6.12. The third-order valence-electron chi connectivity index (χ3n) is 4.63. The summed E-state index contributed by atoms with van der Waals surface area (Å²) in [6.07, 6.45) is 3.28. The quantitative estimate of drug-likeness (QED) is 0.745. The molecule has 0 spiro atoms. The molecule has 0 atom stereocenters. The van der Waals surface area contributed by atoms with Crippen molar-refractivity contribution in [3.63, 3.8) is 0 Å². The summed E-state index contributed by atoms with van der Waals surface area (Å²) in [7, 11) is -4.40. The van der Waals surface area contributed by atoms with Crippen LogP contribution in [0.1, 0.15) is 25.1 Å². The largest absolute Gasteiger partial charge is 0.501 e. The molecule has 1 amide bonds. The number of carbonyl (C=O) groups is 1. The minimum Gasteiger partial charge on any atom is -0.495 e. The first-order chi connectivity index (χ1) is 14.0. The molecule has 2 heterocycles. The lowest BCUT2D eigenvalue weighted by Crippen LogP contribution is -2.30. The fourth-order valence-electron chi connectivity index (χ4n) is 3.14. The number of nitrogens with zero attached hydrogens (tertiary/aromatic N) is 3. The first kappa shape index (κ1) is 21.9. The number of fused-ring (bicyclic) bond motifs is 1. The number of benzene rings is 1. The van der Waals surface area contributed by atoms with Gasteiger partial charge >= 0.3 is 11.2 Å². The van der Waals surface area contributed by atoms with E-state index in [1.165, 1.54) is 11.7 Å². The highest BCUT2D eigenvalue weighted by Gasteiger charge is 2.47. The van der Waals surface area contributed by atoms with Crippen molar-refractivity contribution in [1.82, 2.24) is 14.3 Å². The van der Waals surface area contributed by atoms with Crippen molar-refractivity contribution >= 4 is 21.4 Å². The van der Waals surface area contributed by atoms with Gasteiger partial charge in [0, 0.05) is 13.0 Å². The number of nitrogens with one attached hydrogen (secondary N) is 1. The van der Waals surface area contributed by atoms with Gasteiger partial charge in [-0.25, -0.2) is 17.9 Å². The van der Waals surface area contributed by atoms with E-state index in [1.807, 2.05) is 0 Å². The maximum absolute atomic E-state index is 12.8. The standard InChI is InChI=1S/C17H19F3N4O5S/c1-29-13-7-6-11(30(27,28)17(18,19)20)9-12(13)21-15(25)10-24-16(26)23-8-4-2-3-5-14(23)22-24/h6-7,9H,2-5,8,10H2,1H3,(H,21,25). The summed E-state index contributed by atoms with van der Waals surface area (Å²) in [6.45, 7) is 0.0131. The predicted molar refractivity (Wildman–Crippen MR) is 98.9 cm³/mol. The molecule has 0 saturated heterocycles. The van der Waals surface area contributed by atoms with Gasteiger partial charge in [0.05, 0.1) is 17.7 Å². The van der Waals surface area contributed by atoms with Crippen LogP contribution in [-0.4, -0.2) is 41.3 Å². The van der Waals surface area contributed by atoms with Crippen LogP contribution in [0.25, 0.3) is 0 Å². The molecule has 30 heavy (non-hydrogen) atoms. The Morgan fingerprint density at radius 3 is 2.67 bits per heavy atom. The van der Waals surface area contributed by atoms with Crippen molar-refractivity contribution in [2.24, 2.45) is 0 Å². The van der Waals surface area contributed by atoms with Gasteiger partial charge in [-0.2, -0.15) is 18.3 Å². The normalized spacial score (nSPS) is 14.7. The molecule has 0 saturated carbocycles. The van der Waals surface area contributed by atoms with E-state index in [0.29, 0.717) is 24.9 Å². The van der Waals surface area contributed by atoms with Crippen LogP contribution in [0.3, 0.4) is 0 Å². The zero-order chi connectivity index (χ0) is 22.1. The van der Waals surface area contributed by atoms with Gasteiger partial charge in [-0.1, -0.05) is 6.42 Å². The minimum absolute atomic E-state index is 0.0440. The van der Waals surface area contributed by atoms with Crippen molar-refractivity contribution in [1.29, 1.82) is 0 Å². The summed E-state index contributed by atoms with van der Waals surface area (Å²) in [5.41, 5.74) is -6.23. The van der Waals surface area contributed by atoms with Crippen LogP contribution in [0.4, 0.5) is 18.9 Å². The second-order valence-electron chi connectivity index (χ2n) is 6.68. The van der Waals surface area contributed by atoms with E-state index in [0.717, 1.165) is 36.1 Å². The summed E-state index contributed by atoms with van der Waals surface area (Å²) in [5.74, 6) is -0.246. The van der Waals surface area contributed by atoms with E-state index < -0.39 is 38.4 Å². The van der Waals surface area contributed by atoms with Gasteiger partial charge in [0.2, 0.25) is 5.91 Å². The number of alkyl halides is 3. The molecule has 164 valence electrons. The van der Waals surface area contributed by atoms with E-state index in [9.17, 15) is 31.2 Å². The molecular formula is C17H19F3N4O5S. The molecular weight excluding hydrogens is 429 g/mol. The summed E-state index contributed by atoms with van der Waals surface area (Å²) in [6, 6.07) is 2.39. The van der Waals surface area contributed by atoms with Crippen LogP contribution in [0, 0.1) is 0 Å². The Balaban J connectivity index is 1.85. The zero-order valence-corrected chi connectivity index (χ0v) is 16.7. The number of sulfone groups is 1. The molecule has 1 aromatic carbocycles. The van der Waals surface area contributed by atoms with Crippen LogP contribution < -0.4 is 15.7 Å². The smallest absolute Gasteiger partial charge is 0.495 e. The molecule has 1 N–H and O–H groups in total. The third kappa shape index (κ3) is 4.20. The molecule has 1 aromatic heterocycles. The lowest BCUT2D eigenvalue weighted by atomic mass is 10.2. The number of hydrogen-bond donors (Lipinski definition) is 1. The summed E-state index contributed by atoms with van der Waals surface area (Å²) in [5, 5.41) is 6.44. The molecule has 1 aliphatic heterocycles. The Labute approximate surface area is 169 Å². The SMILES string of the molecule is COc1ccc(S(=O)(=O)C(F)(F)F)cc1NC(=O)Cn1nc2n(c1=O)CCCCC2. The maximum atomic E-state index is 12.8. The Bertz CT molecular complexity index is 1120. The molecule has 13 heteroatoms. The number of aryl methyl sites for hydroxylation is 1. The van der Waals surface area contributed by atoms with E-state index in [1.54, 1.807) is 0 Å². The van der Waals surface area contributed by atoms with E-state index in [4.69, 9.17) is 4.74 Å². The molecule has 0 fully saturated rings. The number of amides is 1. The number of anilines is 1. The van der Waals surface area contributed by atoms with Gasteiger partial charge in [0.15, 0.2) is 0 Å². The van der Waals surface area contributed by atoms with Crippen LogP contribution in [0.2, 0.25) is 0 Å². The molecule has 0 aliphatic carbocycles. The summed E-state index contributed by atoms with van der Waals surface area (Å²) in [4.78, 5) is 23.8. The van der Waals surface area contributed by atoms with Gasteiger partial charge < -0.3 is 10.1 Å². The molecule has 0 unspecified atom stereocenters. The number of hydrogen-bond acceptors (Lipinski definition) is 6. The van der Waals surface area contributed by atoms with E-state index in [-0.39, 0.29) is 11.4 Å². The van der Waals surface area contributed by atoms with Gasteiger partial charge in [0.1, 0.15) is 18.1 Å². The summed E-state index contributed by atoms with van der Waals surface area (Å²) < 4.78 is 69.1. The maximum Gasteiger partial charge on any atom is 0.501 e. The van der Waals surface area contributed by atoms with Gasteiger partial charge in [-0.3, -0.25) is 9.36 Å². The van der Waals surface area contributed by atoms with E-state index >= 15 is 0 Å². The number of rotatable bonds is 5. The van der Waals surface area contributed by atoms with Crippen molar-refractivity contribution in [3.8, 4) is 5.75 Å². The first-order valence-electron chi connectivity index (χ1n) is 9.00. The Morgan fingerprint density at radius 2 is 2.00 bits per heavy atom. The number of carbonyl (C=O) groups excluding carboxylic acids is 1. The molecule has 0 radical (unpaired) electrons. The molecule has 1 aliphatic rings. The average molecular weight is 448 g/mol. The highest BCUT2D eigenvalue weighted by molar-refractivity contribution is 7.92. The van der Waals surface area contributed by atoms with Gasteiger partial charge in [-0.05, 0) is 31.0 Å². The summed E-state index contributed by atoms with van der Waals surface area (Å²) >= 11 is 0. The number of methoxy groups -OCH3 is 1. The number of ether oxygens (including phenoxy) is 1. The predicted octanol–water partition coefficient (Wildman–Crippen LogP) is 1.71. The zero-order valence-electron chi connectivity index (χ0n) is 15.9. The first-order valence-corrected chi connectivity index (χ1v) is 10.5. The Morgan fingerprint density at radius 1 is 1.27 bits per heavy atom. The highest BCUT2D eigenvalue weighted by atomic mass is 32.2. The van der Waals surface area contributed by atoms with Crippen molar-refractivity contribution in [2.75, 3.05) is 12.4 Å². The Hall–Kier alpha value is -2.83. The topological polar surface area (TPSA) is 112 Å². The van der Waals surface area contributed by atoms with Crippen LogP contribution >= 0.6 is 0 Å². The number of halogens is 3. The molecule has 0 bridgehead atoms. The van der Waals surface area contributed by atoms with E-state index in [2.05, 4.69) is 10.4 Å². The highest BCUT2D eigenvalue weighted by Crippen LogP contribution is 2.34. The van der Waals surface area contributed by atoms with Crippen molar-refractivity contribution < 1.29 is 31.1 Å². The average Bonchev–Trinajstić information content (AvgIpc) is 2.83. The molecule has 3 rings (SSSR count). The second-order valence-corrected chi connectivity index (χ2v) is 8.62. The number of aromatic nitrogens is 3. The molecule has 9 nitrogen and oxygen atoms in total. The van der Waals surface area contributed by atoms with Gasteiger partial charge in [0.25, 0.3) is 9.84 Å². The lowest BCUT2D eigenvalue weighted by molar-refractivity contribution is -0.117. The van der Waals surface area contributed by atoms with Crippen LogP contribution in [0.15, 0.2) is 27.9 Å². The van der Waals surface area contributed by atoms with Crippen LogP contribution in [0.5, 0.6) is 5.75 Å². The van der Waals surface area contributed by atoms with Gasteiger partial charge in [-0.15, -0.1) is 0 Å². The lowest BCUT2D eigenvalue weighted by Gasteiger charge is -2.13. The van der Waals surface area contributed by atoms with Crippen molar-refractivity contribution in [2.45, 2.75) is 49.2 Å². The molecule has 2 aromatic rings. The van der Waals surface area contributed by atoms with Crippen molar-refractivity contribution in [3.05, 3.63) is 34.5 Å².